The van der Waals surface area contributed by atoms with E-state index in [2.05, 4.69) is 57.0 Å². The molecule has 1 fully saturated rings. The van der Waals surface area contributed by atoms with Gasteiger partial charge in [-0.25, -0.2) is 0 Å². The molecule has 3 heteroatoms. The standard InChI is InChI=1S/C16H35N3/c1-7-11-17-12-15(2,3)13-19(6)14-16(18(4)5)9-8-10-16/h17H,7-14H2,1-6H3. The molecule has 0 bridgehead atoms. The Hall–Kier alpha value is -0.120. The molecule has 19 heavy (non-hydrogen) atoms. The van der Waals surface area contributed by atoms with E-state index >= 15 is 0 Å². The lowest BCUT2D eigenvalue weighted by molar-refractivity contribution is 0.0188. The zero-order valence-corrected chi connectivity index (χ0v) is 14.1. The zero-order valence-electron chi connectivity index (χ0n) is 14.1. The van der Waals surface area contributed by atoms with Crippen molar-refractivity contribution in [3.63, 3.8) is 0 Å². The van der Waals surface area contributed by atoms with Crippen LogP contribution in [0.2, 0.25) is 0 Å². The fourth-order valence-corrected chi connectivity index (χ4v) is 3.28. The Labute approximate surface area is 120 Å². The Balaban J connectivity index is 2.39. The first kappa shape index (κ1) is 16.9. The van der Waals surface area contributed by atoms with Crippen LogP contribution in [-0.4, -0.2) is 62.7 Å². The predicted molar refractivity (Wildman–Crippen MR) is 84.7 cm³/mol. The number of likely N-dealkylation sites (N-methyl/N-ethyl adjacent to an activating group) is 2. The minimum atomic E-state index is 0.348. The maximum absolute atomic E-state index is 3.56. The molecular weight excluding hydrogens is 234 g/mol. The summed E-state index contributed by atoms with van der Waals surface area (Å²) in [7, 11) is 6.76. The van der Waals surface area contributed by atoms with Gasteiger partial charge in [-0.2, -0.15) is 0 Å². The van der Waals surface area contributed by atoms with Crippen molar-refractivity contribution in [3.8, 4) is 0 Å². The zero-order chi connectivity index (χ0) is 14.5. The molecule has 0 aromatic heterocycles. The number of nitrogens with zero attached hydrogens (tertiary/aromatic N) is 2. The molecule has 0 spiro atoms. The maximum Gasteiger partial charge on any atom is 0.0330 e. The van der Waals surface area contributed by atoms with E-state index in [0.717, 1.165) is 13.1 Å². The van der Waals surface area contributed by atoms with Crippen molar-refractivity contribution in [2.24, 2.45) is 5.41 Å². The largest absolute Gasteiger partial charge is 0.316 e. The normalized spacial score (nSPS) is 18.9. The molecule has 0 saturated heterocycles. The summed E-state index contributed by atoms with van der Waals surface area (Å²) in [4.78, 5) is 4.97. The fraction of sp³-hybridized carbons (Fsp3) is 1.00. The van der Waals surface area contributed by atoms with E-state index in [1.807, 2.05) is 0 Å². The molecule has 0 aromatic rings. The topological polar surface area (TPSA) is 18.5 Å². The third kappa shape index (κ3) is 5.05. The van der Waals surface area contributed by atoms with Gasteiger partial charge in [0.2, 0.25) is 0 Å². The van der Waals surface area contributed by atoms with Crippen LogP contribution in [0.4, 0.5) is 0 Å². The lowest BCUT2D eigenvalue weighted by Crippen LogP contribution is -2.57. The van der Waals surface area contributed by atoms with Gasteiger partial charge in [0.15, 0.2) is 0 Å². The second kappa shape index (κ2) is 7.05. The molecule has 0 atom stereocenters. The summed E-state index contributed by atoms with van der Waals surface area (Å²) in [6.07, 6.45) is 5.33. The fourth-order valence-electron chi connectivity index (χ4n) is 3.28. The van der Waals surface area contributed by atoms with Crippen LogP contribution >= 0.6 is 0 Å². The molecule has 3 nitrogen and oxygen atoms in total. The molecular formula is C16H35N3. The first-order valence-corrected chi connectivity index (χ1v) is 7.88. The quantitative estimate of drug-likeness (QED) is 0.649. The second-order valence-electron chi connectivity index (χ2n) is 7.49. The second-order valence-corrected chi connectivity index (χ2v) is 7.49. The highest BCUT2D eigenvalue weighted by molar-refractivity contribution is 4.98. The number of hydrogen-bond donors (Lipinski definition) is 1. The van der Waals surface area contributed by atoms with Crippen molar-refractivity contribution >= 4 is 0 Å². The van der Waals surface area contributed by atoms with Crippen molar-refractivity contribution in [3.05, 3.63) is 0 Å². The van der Waals surface area contributed by atoms with E-state index < -0.39 is 0 Å². The van der Waals surface area contributed by atoms with E-state index in [-0.39, 0.29) is 0 Å². The molecule has 1 aliphatic carbocycles. The highest BCUT2D eigenvalue weighted by Crippen LogP contribution is 2.37. The summed E-state index contributed by atoms with van der Waals surface area (Å²) in [5.41, 5.74) is 0.794. The summed E-state index contributed by atoms with van der Waals surface area (Å²) in [5.74, 6) is 0. The van der Waals surface area contributed by atoms with E-state index in [4.69, 9.17) is 0 Å². The lowest BCUT2D eigenvalue weighted by atomic mass is 9.75. The van der Waals surface area contributed by atoms with Crippen molar-refractivity contribution < 1.29 is 0 Å². The monoisotopic (exact) mass is 269 g/mol. The first-order valence-electron chi connectivity index (χ1n) is 7.88. The highest BCUT2D eigenvalue weighted by atomic mass is 15.2. The van der Waals surface area contributed by atoms with E-state index in [9.17, 15) is 0 Å². The molecule has 1 rings (SSSR count). The Morgan fingerprint density at radius 1 is 1.16 bits per heavy atom. The molecule has 1 aliphatic rings. The van der Waals surface area contributed by atoms with Crippen LogP contribution in [0.15, 0.2) is 0 Å². The van der Waals surface area contributed by atoms with Gasteiger partial charge in [0.05, 0.1) is 0 Å². The van der Waals surface area contributed by atoms with Crippen LogP contribution in [0.5, 0.6) is 0 Å². The molecule has 114 valence electrons. The Morgan fingerprint density at radius 3 is 2.21 bits per heavy atom. The highest BCUT2D eigenvalue weighted by Gasteiger charge is 2.40. The van der Waals surface area contributed by atoms with E-state index in [1.54, 1.807) is 0 Å². The van der Waals surface area contributed by atoms with Gasteiger partial charge in [0, 0.05) is 25.2 Å². The van der Waals surface area contributed by atoms with Gasteiger partial charge in [0.25, 0.3) is 0 Å². The van der Waals surface area contributed by atoms with Crippen molar-refractivity contribution in [2.75, 3.05) is 47.3 Å². The Kier molecular flexibility index (Phi) is 6.28. The summed E-state index contributed by atoms with van der Waals surface area (Å²) in [6.45, 7) is 11.6. The van der Waals surface area contributed by atoms with Crippen LogP contribution in [0, 0.1) is 5.41 Å². The Bertz CT molecular complexity index is 257. The van der Waals surface area contributed by atoms with Crippen LogP contribution in [0.3, 0.4) is 0 Å². The van der Waals surface area contributed by atoms with Gasteiger partial charge in [-0.3, -0.25) is 0 Å². The average molecular weight is 269 g/mol. The molecule has 0 aliphatic heterocycles. The molecule has 0 aromatic carbocycles. The van der Waals surface area contributed by atoms with E-state index in [1.165, 1.54) is 38.8 Å². The third-order valence-electron chi connectivity index (χ3n) is 4.53. The number of rotatable bonds is 9. The molecule has 0 heterocycles. The summed E-state index contributed by atoms with van der Waals surface area (Å²) >= 11 is 0. The summed E-state index contributed by atoms with van der Waals surface area (Å²) in [6, 6.07) is 0. The molecule has 0 unspecified atom stereocenters. The predicted octanol–water partition coefficient (Wildman–Crippen LogP) is 2.43. The smallest absolute Gasteiger partial charge is 0.0330 e. The third-order valence-corrected chi connectivity index (χ3v) is 4.53. The Morgan fingerprint density at radius 2 is 1.79 bits per heavy atom. The van der Waals surface area contributed by atoms with Gasteiger partial charge in [-0.1, -0.05) is 20.8 Å². The molecule has 1 N–H and O–H groups in total. The van der Waals surface area contributed by atoms with Crippen molar-refractivity contribution in [1.29, 1.82) is 0 Å². The first-order chi connectivity index (χ1) is 8.81. The average Bonchev–Trinajstić information content (AvgIpc) is 2.22. The van der Waals surface area contributed by atoms with Crippen LogP contribution < -0.4 is 5.32 Å². The molecule has 1 saturated carbocycles. The maximum atomic E-state index is 3.56. The van der Waals surface area contributed by atoms with Crippen LogP contribution in [0.25, 0.3) is 0 Å². The minimum Gasteiger partial charge on any atom is -0.316 e. The van der Waals surface area contributed by atoms with Crippen LogP contribution in [0.1, 0.15) is 46.5 Å². The van der Waals surface area contributed by atoms with E-state index in [0.29, 0.717) is 11.0 Å². The van der Waals surface area contributed by atoms with Gasteiger partial charge in [-0.15, -0.1) is 0 Å². The van der Waals surface area contributed by atoms with Gasteiger partial charge < -0.3 is 15.1 Å². The summed E-state index contributed by atoms with van der Waals surface area (Å²) in [5, 5.41) is 3.56. The molecule has 0 radical (unpaired) electrons. The van der Waals surface area contributed by atoms with Gasteiger partial charge >= 0.3 is 0 Å². The summed E-state index contributed by atoms with van der Waals surface area (Å²) < 4.78 is 0. The number of hydrogen-bond acceptors (Lipinski definition) is 3. The van der Waals surface area contributed by atoms with Gasteiger partial charge in [-0.05, 0) is 58.8 Å². The SMILES string of the molecule is CCCNCC(C)(C)CN(C)CC1(N(C)C)CCC1. The number of nitrogens with one attached hydrogen (secondary N) is 1. The van der Waals surface area contributed by atoms with Gasteiger partial charge in [0.1, 0.15) is 0 Å². The lowest BCUT2D eigenvalue weighted by Gasteiger charge is -2.50. The van der Waals surface area contributed by atoms with Crippen molar-refractivity contribution in [2.45, 2.75) is 52.0 Å². The molecule has 0 amide bonds. The van der Waals surface area contributed by atoms with Crippen LogP contribution in [-0.2, 0) is 0 Å². The minimum absolute atomic E-state index is 0.348. The van der Waals surface area contributed by atoms with Crippen molar-refractivity contribution in [1.82, 2.24) is 15.1 Å².